The Bertz CT molecular complexity index is 2000. The Hall–Kier alpha value is -5.36. The number of amidine groups is 1. The molecule has 0 aliphatic heterocycles. The summed E-state index contributed by atoms with van der Waals surface area (Å²) < 4.78 is 57.4. The van der Waals surface area contributed by atoms with Gasteiger partial charge < -0.3 is 23.7 Å². The zero-order valence-electron chi connectivity index (χ0n) is 35.6. The van der Waals surface area contributed by atoms with E-state index in [9.17, 15) is 37.2 Å². The van der Waals surface area contributed by atoms with Gasteiger partial charge in [-0.1, -0.05) is 6.07 Å². The maximum Gasteiger partial charge on any atom is 0.425 e. The molecule has 2 N–H and O–H groups in total. The maximum absolute atomic E-state index is 14.0. The number of rotatable bonds is 12. The molecule has 58 heavy (non-hydrogen) atoms. The van der Waals surface area contributed by atoms with E-state index in [0.717, 1.165) is 13.0 Å². The van der Waals surface area contributed by atoms with Gasteiger partial charge in [0, 0.05) is 6.42 Å². The fraction of sp³-hybridized carbons (Fsp3) is 0.525. The molecule has 2 aromatic rings. The summed E-state index contributed by atoms with van der Waals surface area (Å²) in [5, 5.41) is 2.51. The van der Waals surface area contributed by atoms with Crippen LogP contribution in [0.1, 0.15) is 130 Å². The molecule has 0 bridgehead atoms. The van der Waals surface area contributed by atoms with Crippen molar-refractivity contribution in [3.8, 4) is 5.75 Å². The molecule has 0 unspecified atom stereocenters. The molecule has 320 valence electrons. The van der Waals surface area contributed by atoms with E-state index in [1.807, 2.05) is 0 Å². The lowest BCUT2D eigenvalue weighted by atomic mass is 10.1. The maximum atomic E-state index is 14.0. The Morgan fingerprint density at radius 1 is 0.707 bits per heavy atom. The number of ether oxygens (including phenoxy) is 5. The van der Waals surface area contributed by atoms with Crippen molar-refractivity contribution in [3.63, 3.8) is 0 Å². The number of nitrogens with zero attached hydrogens (tertiary/aromatic N) is 2. The smallest absolute Gasteiger partial charge is 0.425 e. The monoisotopic (exact) mass is 832 g/mol. The summed E-state index contributed by atoms with van der Waals surface area (Å²) in [5.74, 6) is -3.29. The molecule has 0 radical (unpaired) electrons. The van der Waals surface area contributed by atoms with Gasteiger partial charge in [-0.05, 0) is 139 Å². The number of carbonyl (C=O) groups is 6. The summed E-state index contributed by atoms with van der Waals surface area (Å²) in [6, 6.07) is 7.84. The zero-order valence-corrected chi connectivity index (χ0v) is 36.5. The first-order valence-electron chi connectivity index (χ1n) is 18.2. The van der Waals surface area contributed by atoms with E-state index >= 15 is 0 Å². The topological polar surface area (TPSA) is 222 Å². The van der Waals surface area contributed by atoms with Crippen molar-refractivity contribution >= 4 is 57.6 Å². The highest BCUT2D eigenvalue weighted by Gasteiger charge is 2.38. The summed E-state index contributed by atoms with van der Waals surface area (Å²) in [6.45, 7) is 21.0. The molecule has 0 aliphatic rings. The minimum absolute atomic E-state index is 0.0803. The fourth-order valence-corrected chi connectivity index (χ4v) is 5.79. The third-order valence-electron chi connectivity index (χ3n) is 6.67. The number of Topliss-reactive ketones (excluding diaryl/α,β-unsaturated/α-hetero) is 1. The fourth-order valence-electron chi connectivity index (χ4n) is 4.58. The molecule has 0 spiro atoms. The van der Waals surface area contributed by atoms with Gasteiger partial charge in [-0.2, -0.15) is 17.4 Å². The van der Waals surface area contributed by atoms with Crippen molar-refractivity contribution < 1.29 is 60.9 Å². The van der Waals surface area contributed by atoms with E-state index in [1.165, 1.54) is 57.2 Å². The molecule has 0 saturated heterocycles. The Kier molecular flexibility index (Phi) is 15.9. The van der Waals surface area contributed by atoms with Crippen LogP contribution >= 0.6 is 0 Å². The van der Waals surface area contributed by atoms with Crippen LogP contribution in [0.15, 0.2) is 47.5 Å². The van der Waals surface area contributed by atoms with E-state index in [1.54, 1.807) is 69.2 Å². The molecule has 2 aromatic carbocycles. The number of aliphatic imine (C=N–C) groups is 1. The van der Waals surface area contributed by atoms with Gasteiger partial charge in [-0.25, -0.2) is 24.2 Å². The summed E-state index contributed by atoms with van der Waals surface area (Å²) in [5.41, 5.74) is -3.83. The molecule has 0 aromatic heterocycles. The molecule has 0 saturated carbocycles. The number of nitrogens with one attached hydrogen (secondary N) is 2. The van der Waals surface area contributed by atoms with Crippen LogP contribution in [0.5, 0.6) is 5.75 Å². The van der Waals surface area contributed by atoms with Crippen LogP contribution in [0.25, 0.3) is 0 Å². The predicted octanol–water partition coefficient (Wildman–Crippen LogP) is 6.70. The molecule has 0 aliphatic carbocycles. The number of esters is 3. The zero-order chi connectivity index (χ0) is 44.6. The molecular weight excluding hydrogens is 777 g/mol. The number of hydrogen-bond donors (Lipinski definition) is 2. The van der Waals surface area contributed by atoms with E-state index in [0.29, 0.717) is 5.69 Å². The van der Waals surface area contributed by atoms with Gasteiger partial charge >= 0.3 is 40.3 Å². The number of hydrogen-bond acceptors (Lipinski definition) is 14. The van der Waals surface area contributed by atoms with Crippen molar-refractivity contribution in [1.29, 1.82) is 0 Å². The minimum atomic E-state index is -5.02. The average molecular weight is 833 g/mol. The second-order valence-corrected chi connectivity index (χ2v) is 18.8. The number of carbonyl (C=O) groups excluding carboxylic acids is 6. The van der Waals surface area contributed by atoms with Crippen molar-refractivity contribution in [2.24, 2.45) is 4.99 Å². The molecule has 1 atom stereocenters. The largest absolute Gasteiger partial charge is 0.459 e. The predicted molar refractivity (Wildman–Crippen MR) is 214 cm³/mol. The van der Waals surface area contributed by atoms with Gasteiger partial charge in [0.25, 0.3) is 0 Å². The van der Waals surface area contributed by atoms with Crippen LogP contribution in [0.4, 0.5) is 15.3 Å². The molecular formula is C40H56N4O13S. The number of benzene rings is 2. The first kappa shape index (κ1) is 48.8. The standard InChI is InChI=1S/C40H56N4O13S/c1-24(45)21-31(34(48)55-38(6,7)8)43-58(51,52)44(36(50)57-40(12,13)14)23-27-17-20-29(22-30(27)33(47)54-37(3,4)5)53-32(46)26-15-18-28(19-16-26)41-25(2)42-35(49)56-39(9,10)11/h15-20,22,31,43H,21,23H2,1-14H3,(H,41,42,49)/t31-/m0/s1. The molecule has 17 nitrogen and oxygen atoms in total. The first-order chi connectivity index (χ1) is 26.2. The van der Waals surface area contributed by atoms with Crippen LogP contribution in [0, 0.1) is 0 Å². The van der Waals surface area contributed by atoms with Crippen LogP contribution in [-0.2, 0) is 45.3 Å². The van der Waals surface area contributed by atoms with Crippen LogP contribution in [0.2, 0.25) is 0 Å². The molecule has 0 fully saturated rings. The second kappa shape index (κ2) is 18.9. The highest BCUT2D eigenvalue weighted by Crippen LogP contribution is 2.26. The van der Waals surface area contributed by atoms with Gasteiger partial charge in [0.2, 0.25) is 0 Å². The lowest BCUT2D eigenvalue weighted by Gasteiger charge is -2.30. The lowest BCUT2D eigenvalue weighted by molar-refractivity contribution is -0.157. The van der Waals surface area contributed by atoms with Gasteiger partial charge in [-0.15, -0.1) is 0 Å². The van der Waals surface area contributed by atoms with Crippen LogP contribution in [-0.4, -0.2) is 82.9 Å². The minimum Gasteiger partial charge on any atom is -0.459 e. The molecule has 2 rings (SSSR count). The van der Waals surface area contributed by atoms with Crippen molar-refractivity contribution in [3.05, 3.63) is 59.2 Å². The van der Waals surface area contributed by atoms with Crippen molar-refractivity contribution in [2.45, 2.75) is 138 Å². The summed E-state index contributed by atoms with van der Waals surface area (Å²) in [6.07, 6.45) is -2.65. The van der Waals surface area contributed by atoms with Crippen LogP contribution in [0.3, 0.4) is 0 Å². The SMILES string of the molecule is CC(=O)C[C@H](NS(=O)(=O)N(Cc1ccc(OC(=O)c2ccc(N=C(C)NC(=O)OC(C)(C)C)cc2)cc1C(=O)OC(C)(C)C)C(=O)OC(C)(C)C)C(=O)OC(C)(C)C. The summed E-state index contributed by atoms with van der Waals surface area (Å²) in [4.78, 5) is 81.8. The molecule has 0 heterocycles. The Morgan fingerprint density at radius 3 is 1.74 bits per heavy atom. The number of alkyl carbamates (subject to hydrolysis) is 1. The van der Waals surface area contributed by atoms with Crippen LogP contribution < -0.4 is 14.8 Å². The Morgan fingerprint density at radius 2 is 1.24 bits per heavy atom. The molecule has 18 heteroatoms. The third-order valence-corrected chi connectivity index (χ3v) is 8.11. The van der Waals surface area contributed by atoms with Gasteiger partial charge in [0.1, 0.15) is 45.8 Å². The Labute approximate surface area is 340 Å². The third kappa shape index (κ3) is 17.4. The van der Waals surface area contributed by atoms with Crippen molar-refractivity contribution in [2.75, 3.05) is 0 Å². The average Bonchev–Trinajstić information content (AvgIpc) is 3.00. The summed E-state index contributed by atoms with van der Waals surface area (Å²) in [7, 11) is -5.02. The highest BCUT2D eigenvalue weighted by molar-refractivity contribution is 7.87. The van der Waals surface area contributed by atoms with E-state index in [4.69, 9.17) is 23.7 Å². The molecule has 2 amide bonds. The van der Waals surface area contributed by atoms with E-state index < -0.39 is 87.5 Å². The highest BCUT2D eigenvalue weighted by atomic mass is 32.2. The lowest BCUT2D eigenvalue weighted by Crippen LogP contribution is -2.52. The Balaban J connectivity index is 2.54. The van der Waals surface area contributed by atoms with E-state index in [-0.39, 0.29) is 32.6 Å². The van der Waals surface area contributed by atoms with Gasteiger partial charge in [0.15, 0.2) is 0 Å². The van der Waals surface area contributed by atoms with Gasteiger partial charge in [0.05, 0.1) is 23.4 Å². The normalized spacial score (nSPS) is 13.1. The number of ketones is 1. The number of amides is 2. The summed E-state index contributed by atoms with van der Waals surface area (Å²) >= 11 is 0. The quantitative estimate of drug-likeness (QED) is 0.0748. The van der Waals surface area contributed by atoms with Gasteiger partial charge in [-0.3, -0.25) is 14.9 Å². The van der Waals surface area contributed by atoms with Crippen molar-refractivity contribution in [1.82, 2.24) is 14.3 Å². The van der Waals surface area contributed by atoms with E-state index in [2.05, 4.69) is 15.0 Å². The first-order valence-corrected chi connectivity index (χ1v) is 19.7. The second-order valence-electron chi connectivity index (χ2n) is 17.2.